The van der Waals surface area contributed by atoms with Crippen molar-refractivity contribution < 1.29 is 20.1 Å². The van der Waals surface area contributed by atoms with E-state index in [4.69, 9.17) is 26.6 Å². The van der Waals surface area contributed by atoms with Gasteiger partial charge in [-0.15, -0.1) is 0 Å². The summed E-state index contributed by atoms with van der Waals surface area (Å²) in [4.78, 5) is 0. The number of aliphatic hydroxyl groups excluding tert-OH is 3. The van der Waals surface area contributed by atoms with Gasteiger partial charge >= 0.3 is 0 Å². The van der Waals surface area contributed by atoms with E-state index in [1.54, 1.807) is 18.2 Å². The summed E-state index contributed by atoms with van der Waals surface area (Å²) in [7, 11) is 0. The van der Waals surface area contributed by atoms with E-state index in [-0.39, 0.29) is 13.2 Å². The second kappa shape index (κ2) is 6.83. The molecule has 0 fully saturated rings. The van der Waals surface area contributed by atoms with Gasteiger partial charge < -0.3 is 20.1 Å². The summed E-state index contributed by atoms with van der Waals surface area (Å²) in [6, 6.07) is 7.15. The maximum absolute atomic E-state index is 9.30. The van der Waals surface area contributed by atoms with E-state index in [0.717, 1.165) is 5.56 Å². The summed E-state index contributed by atoms with van der Waals surface area (Å²) in [6.45, 7) is -0.623. The molecular weight excluding hydrogens is 232 g/mol. The smallest absolute Gasteiger partial charge is 0.109 e. The summed E-state index contributed by atoms with van der Waals surface area (Å²) in [6.07, 6.45) is -1.89. The van der Waals surface area contributed by atoms with Gasteiger partial charge in [0.05, 0.1) is 19.8 Å². The van der Waals surface area contributed by atoms with Crippen LogP contribution >= 0.6 is 11.6 Å². The highest BCUT2D eigenvalue weighted by molar-refractivity contribution is 6.31. The molecule has 16 heavy (non-hydrogen) atoms. The zero-order chi connectivity index (χ0) is 12.0. The van der Waals surface area contributed by atoms with Crippen LogP contribution < -0.4 is 0 Å². The highest BCUT2D eigenvalue weighted by Crippen LogP contribution is 2.16. The van der Waals surface area contributed by atoms with Crippen LogP contribution in [-0.4, -0.2) is 40.7 Å². The second-order valence-electron chi connectivity index (χ2n) is 3.37. The summed E-state index contributed by atoms with van der Waals surface area (Å²) in [5, 5.41) is 27.5. The van der Waals surface area contributed by atoms with Crippen molar-refractivity contribution in [3.63, 3.8) is 0 Å². The minimum atomic E-state index is -1.09. The molecule has 0 aromatic heterocycles. The first-order valence-electron chi connectivity index (χ1n) is 4.93. The Bertz CT molecular complexity index is 319. The highest BCUT2D eigenvalue weighted by atomic mass is 35.5. The third-order valence-corrected chi connectivity index (χ3v) is 2.58. The van der Waals surface area contributed by atoms with Crippen molar-refractivity contribution >= 4 is 11.6 Å². The molecule has 0 aliphatic heterocycles. The topological polar surface area (TPSA) is 69.9 Å². The molecule has 1 aromatic rings. The Kier molecular flexibility index (Phi) is 5.73. The van der Waals surface area contributed by atoms with Gasteiger partial charge in [-0.1, -0.05) is 29.8 Å². The van der Waals surface area contributed by atoms with Gasteiger partial charge in [-0.05, 0) is 11.6 Å². The van der Waals surface area contributed by atoms with Crippen LogP contribution in [0.5, 0.6) is 0 Å². The summed E-state index contributed by atoms with van der Waals surface area (Å²) in [5.41, 5.74) is 0.771. The summed E-state index contributed by atoms with van der Waals surface area (Å²) >= 11 is 5.91. The minimum Gasteiger partial charge on any atom is -0.394 e. The standard InChI is InChI=1S/C11H15ClO4/c12-9-4-2-1-3-8(9)7-16-11(6-14)10(15)5-13/h1-4,10-11,13-15H,5-7H2/t10-,11-/m0/s1. The molecule has 0 radical (unpaired) electrons. The number of rotatable bonds is 6. The fraction of sp³-hybridized carbons (Fsp3) is 0.455. The van der Waals surface area contributed by atoms with Crippen molar-refractivity contribution in [3.8, 4) is 0 Å². The van der Waals surface area contributed by atoms with Crippen LogP contribution in [-0.2, 0) is 11.3 Å². The molecule has 4 nitrogen and oxygen atoms in total. The molecule has 0 saturated carbocycles. The molecule has 0 bridgehead atoms. The number of hydrogen-bond donors (Lipinski definition) is 3. The molecule has 90 valence electrons. The van der Waals surface area contributed by atoms with Gasteiger partial charge in [0.25, 0.3) is 0 Å². The number of halogens is 1. The Labute approximate surface area is 99.1 Å². The lowest BCUT2D eigenvalue weighted by Gasteiger charge is -2.19. The fourth-order valence-electron chi connectivity index (χ4n) is 1.22. The van der Waals surface area contributed by atoms with Crippen molar-refractivity contribution in [2.45, 2.75) is 18.8 Å². The molecule has 2 atom stereocenters. The van der Waals surface area contributed by atoms with Crippen LogP contribution in [0.25, 0.3) is 0 Å². The van der Waals surface area contributed by atoms with Gasteiger partial charge in [-0.3, -0.25) is 0 Å². The molecule has 0 spiro atoms. The van der Waals surface area contributed by atoms with Gasteiger partial charge in [0.1, 0.15) is 12.2 Å². The second-order valence-corrected chi connectivity index (χ2v) is 3.78. The molecule has 0 amide bonds. The first kappa shape index (κ1) is 13.4. The lowest BCUT2D eigenvalue weighted by atomic mass is 10.2. The van der Waals surface area contributed by atoms with Crippen molar-refractivity contribution in [1.29, 1.82) is 0 Å². The third kappa shape index (κ3) is 3.73. The van der Waals surface area contributed by atoms with Crippen molar-refractivity contribution in [3.05, 3.63) is 34.9 Å². The van der Waals surface area contributed by atoms with E-state index in [1.165, 1.54) is 0 Å². The van der Waals surface area contributed by atoms with Gasteiger partial charge in [0.15, 0.2) is 0 Å². The van der Waals surface area contributed by atoms with Crippen LogP contribution in [0.1, 0.15) is 5.56 Å². The number of ether oxygens (including phenoxy) is 1. The molecule has 0 saturated heterocycles. The Balaban J connectivity index is 2.53. The van der Waals surface area contributed by atoms with Gasteiger partial charge in [-0.25, -0.2) is 0 Å². The van der Waals surface area contributed by atoms with Crippen LogP contribution in [0.4, 0.5) is 0 Å². The predicted octanol–water partition coefficient (Wildman–Crippen LogP) is 0.571. The SMILES string of the molecule is OC[C@H](OCc1ccccc1Cl)[C@@H](O)CO. The number of hydrogen-bond acceptors (Lipinski definition) is 4. The molecule has 0 heterocycles. The van der Waals surface area contributed by atoms with E-state index in [1.807, 2.05) is 6.07 Å². The third-order valence-electron chi connectivity index (χ3n) is 2.21. The lowest BCUT2D eigenvalue weighted by Crippen LogP contribution is -2.35. The Morgan fingerprint density at radius 2 is 1.88 bits per heavy atom. The first-order valence-corrected chi connectivity index (χ1v) is 5.31. The largest absolute Gasteiger partial charge is 0.394 e. The maximum atomic E-state index is 9.30. The van der Waals surface area contributed by atoms with Crippen LogP contribution in [0.3, 0.4) is 0 Å². The molecule has 3 N–H and O–H groups in total. The van der Waals surface area contributed by atoms with Crippen LogP contribution in [0.2, 0.25) is 5.02 Å². The zero-order valence-electron chi connectivity index (χ0n) is 8.71. The van der Waals surface area contributed by atoms with E-state index in [0.29, 0.717) is 5.02 Å². The predicted molar refractivity (Wildman–Crippen MR) is 60.2 cm³/mol. The van der Waals surface area contributed by atoms with Crippen LogP contribution in [0, 0.1) is 0 Å². The number of benzene rings is 1. The molecule has 5 heteroatoms. The monoisotopic (exact) mass is 246 g/mol. The van der Waals surface area contributed by atoms with Gasteiger partial charge in [-0.2, -0.15) is 0 Å². The number of aliphatic hydroxyl groups is 3. The Morgan fingerprint density at radius 3 is 2.44 bits per heavy atom. The molecular formula is C11H15ClO4. The van der Waals surface area contributed by atoms with Gasteiger partial charge in [0.2, 0.25) is 0 Å². The first-order chi connectivity index (χ1) is 7.69. The van der Waals surface area contributed by atoms with Crippen molar-refractivity contribution in [2.24, 2.45) is 0 Å². The van der Waals surface area contributed by atoms with E-state index < -0.39 is 18.8 Å². The van der Waals surface area contributed by atoms with E-state index >= 15 is 0 Å². The zero-order valence-corrected chi connectivity index (χ0v) is 9.47. The Hall–Kier alpha value is -0.650. The fourth-order valence-corrected chi connectivity index (χ4v) is 1.41. The quantitative estimate of drug-likeness (QED) is 0.687. The maximum Gasteiger partial charge on any atom is 0.109 e. The molecule has 1 aromatic carbocycles. The van der Waals surface area contributed by atoms with Gasteiger partial charge in [0, 0.05) is 5.02 Å². The normalized spacial score (nSPS) is 14.8. The highest BCUT2D eigenvalue weighted by Gasteiger charge is 2.18. The van der Waals surface area contributed by atoms with Crippen molar-refractivity contribution in [2.75, 3.05) is 13.2 Å². The summed E-state index contributed by atoms with van der Waals surface area (Å²) in [5.74, 6) is 0. The molecule has 1 rings (SSSR count). The summed E-state index contributed by atoms with van der Waals surface area (Å²) < 4.78 is 5.27. The average Bonchev–Trinajstić information content (AvgIpc) is 2.31. The lowest BCUT2D eigenvalue weighted by molar-refractivity contribution is -0.0860. The average molecular weight is 247 g/mol. The molecule has 0 aliphatic rings. The van der Waals surface area contributed by atoms with Crippen LogP contribution in [0.15, 0.2) is 24.3 Å². The van der Waals surface area contributed by atoms with E-state index in [2.05, 4.69) is 0 Å². The molecule has 0 aliphatic carbocycles. The van der Waals surface area contributed by atoms with E-state index in [9.17, 15) is 5.11 Å². The minimum absolute atomic E-state index is 0.183. The molecule has 0 unspecified atom stereocenters. The Morgan fingerprint density at radius 1 is 1.19 bits per heavy atom. The van der Waals surface area contributed by atoms with Crippen molar-refractivity contribution in [1.82, 2.24) is 0 Å².